The van der Waals surface area contributed by atoms with Gasteiger partial charge in [0.05, 0.1) is 23.4 Å². The van der Waals surface area contributed by atoms with E-state index in [2.05, 4.69) is 16.5 Å². The minimum Gasteiger partial charge on any atom is -0.383 e. The van der Waals surface area contributed by atoms with E-state index in [4.69, 9.17) is 4.74 Å². The molecule has 0 spiro atoms. The molecule has 0 radical (unpaired) electrons. The average Bonchev–Trinajstić information content (AvgIpc) is 3.01. The molecule has 0 aliphatic rings. The Hall–Kier alpha value is -1.68. The van der Waals surface area contributed by atoms with Crippen molar-refractivity contribution in [3.63, 3.8) is 0 Å². The maximum atomic E-state index is 12.8. The summed E-state index contributed by atoms with van der Waals surface area (Å²) in [5.74, 6) is 0.253. The van der Waals surface area contributed by atoms with Crippen molar-refractivity contribution in [1.29, 1.82) is 0 Å². The fraction of sp³-hybridized carbons (Fsp3) is 0.524. The summed E-state index contributed by atoms with van der Waals surface area (Å²) in [5.41, 5.74) is 2.65. The zero-order valence-electron chi connectivity index (χ0n) is 18.5. The van der Waals surface area contributed by atoms with E-state index in [0.717, 1.165) is 11.4 Å². The highest BCUT2D eigenvalue weighted by Gasteiger charge is 2.22. The van der Waals surface area contributed by atoms with Crippen molar-refractivity contribution in [2.45, 2.75) is 50.6 Å². The van der Waals surface area contributed by atoms with Gasteiger partial charge in [-0.2, -0.15) is 4.31 Å². The Morgan fingerprint density at radius 3 is 2.47 bits per heavy atom. The van der Waals surface area contributed by atoms with Gasteiger partial charge >= 0.3 is 0 Å². The summed E-state index contributed by atoms with van der Waals surface area (Å²) in [6, 6.07) is 5.26. The van der Waals surface area contributed by atoms with Crippen LogP contribution in [0.4, 0.5) is 0 Å². The van der Waals surface area contributed by atoms with Crippen LogP contribution in [-0.2, 0) is 14.8 Å². The lowest BCUT2D eigenvalue weighted by Crippen LogP contribution is -2.30. The van der Waals surface area contributed by atoms with Crippen molar-refractivity contribution in [2.24, 2.45) is 0 Å². The summed E-state index contributed by atoms with van der Waals surface area (Å²) in [6.45, 7) is 11.0. The van der Waals surface area contributed by atoms with Gasteiger partial charge < -0.3 is 9.30 Å². The molecule has 0 saturated heterocycles. The van der Waals surface area contributed by atoms with E-state index in [0.29, 0.717) is 30.3 Å². The van der Waals surface area contributed by atoms with Gasteiger partial charge in [0, 0.05) is 43.3 Å². The first-order valence-electron chi connectivity index (χ1n) is 9.96. The van der Waals surface area contributed by atoms with E-state index >= 15 is 0 Å². The molecular weight excluding hydrogens is 422 g/mol. The van der Waals surface area contributed by atoms with Crippen LogP contribution in [0.1, 0.15) is 48.6 Å². The second kappa shape index (κ2) is 10.6. The third kappa shape index (κ3) is 5.32. The van der Waals surface area contributed by atoms with E-state index in [1.807, 2.05) is 19.9 Å². The fourth-order valence-corrected chi connectivity index (χ4v) is 5.72. The first-order chi connectivity index (χ1) is 14.2. The first-order valence-corrected chi connectivity index (χ1v) is 12.4. The highest BCUT2D eigenvalue weighted by Crippen LogP contribution is 2.24. The number of ketones is 1. The summed E-state index contributed by atoms with van der Waals surface area (Å²) in [7, 11) is -1.87. The Labute approximate surface area is 183 Å². The van der Waals surface area contributed by atoms with Crippen LogP contribution in [0.3, 0.4) is 0 Å². The summed E-state index contributed by atoms with van der Waals surface area (Å²) in [6.07, 6.45) is 1.36. The smallest absolute Gasteiger partial charge is 0.244 e. The van der Waals surface area contributed by atoms with E-state index in [-0.39, 0.29) is 22.5 Å². The van der Waals surface area contributed by atoms with Crippen LogP contribution in [0.15, 0.2) is 34.3 Å². The van der Waals surface area contributed by atoms with Gasteiger partial charge in [-0.15, -0.1) is 0 Å². The second-order valence-corrected chi connectivity index (χ2v) is 10.0. The van der Waals surface area contributed by atoms with Crippen molar-refractivity contribution < 1.29 is 17.9 Å². The van der Waals surface area contributed by atoms with Crippen molar-refractivity contribution >= 4 is 27.6 Å². The maximum Gasteiger partial charge on any atom is 0.244 e. The van der Waals surface area contributed by atoms with Gasteiger partial charge in [-0.3, -0.25) is 4.79 Å². The molecule has 0 saturated carbocycles. The second-order valence-electron chi connectivity index (χ2n) is 7.09. The van der Waals surface area contributed by atoms with Crippen LogP contribution in [0.25, 0.3) is 0 Å². The summed E-state index contributed by atoms with van der Waals surface area (Å²) < 4.78 is 33.8. The standard InChI is InChI=1S/C21H31N3O4S2/c1-7-23(8-2)30(26,27)18-9-10-21(22-12-18)29-14-20(25)19-11-15(3)24(17(19)5)16(4)13-28-6/h9-12,16H,7-8,13-14H2,1-6H3. The van der Waals surface area contributed by atoms with Gasteiger partial charge in [-0.25, -0.2) is 13.4 Å². The Bertz CT molecular complexity index is 965. The van der Waals surface area contributed by atoms with Crippen LogP contribution < -0.4 is 0 Å². The van der Waals surface area contributed by atoms with E-state index in [1.165, 1.54) is 22.3 Å². The molecule has 0 aliphatic heterocycles. The molecule has 2 aromatic rings. The van der Waals surface area contributed by atoms with Crippen LogP contribution in [0.2, 0.25) is 0 Å². The lowest BCUT2D eigenvalue weighted by atomic mass is 10.2. The van der Waals surface area contributed by atoms with Gasteiger partial charge in [0.25, 0.3) is 0 Å². The third-order valence-electron chi connectivity index (χ3n) is 5.04. The molecular formula is C21H31N3O4S2. The lowest BCUT2D eigenvalue weighted by molar-refractivity contribution is 0.102. The van der Waals surface area contributed by atoms with Gasteiger partial charge in [-0.05, 0) is 39.0 Å². The van der Waals surface area contributed by atoms with Gasteiger partial charge in [0.15, 0.2) is 5.78 Å². The van der Waals surface area contributed by atoms with Crippen molar-refractivity contribution in [3.05, 3.63) is 41.3 Å². The van der Waals surface area contributed by atoms with Gasteiger partial charge in [0.2, 0.25) is 10.0 Å². The predicted molar refractivity (Wildman–Crippen MR) is 120 cm³/mol. The molecule has 9 heteroatoms. The Kier molecular flexibility index (Phi) is 8.66. The quantitative estimate of drug-likeness (QED) is 0.381. The number of methoxy groups -OCH3 is 1. The third-order valence-corrected chi connectivity index (χ3v) is 8.01. The van der Waals surface area contributed by atoms with Crippen LogP contribution >= 0.6 is 11.8 Å². The largest absolute Gasteiger partial charge is 0.383 e. The van der Waals surface area contributed by atoms with Crippen molar-refractivity contribution in [3.8, 4) is 0 Å². The summed E-state index contributed by atoms with van der Waals surface area (Å²) >= 11 is 1.30. The molecule has 7 nitrogen and oxygen atoms in total. The van der Waals surface area contributed by atoms with Crippen LogP contribution in [0, 0.1) is 13.8 Å². The molecule has 0 aromatic carbocycles. The lowest BCUT2D eigenvalue weighted by Gasteiger charge is -2.18. The summed E-state index contributed by atoms with van der Waals surface area (Å²) in [4.78, 5) is 17.2. The number of Topliss-reactive ketones (excluding diaryl/α,β-unsaturated/α-hetero) is 1. The number of aryl methyl sites for hydroxylation is 1. The molecule has 0 aliphatic carbocycles. The van der Waals surface area contributed by atoms with Crippen molar-refractivity contribution in [1.82, 2.24) is 13.9 Å². The maximum absolute atomic E-state index is 12.8. The minimum atomic E-state index is -3.53. The van der Waals surface area contributed by atoms with E-state index < -0.39 is 10.0 Å². The SMILES string of the molecule is CCN(CC)S(=O)(=O)c1ccc(SCC(=O)c2cc(C)n(C(C)COC)c2C)nc1. The molecule has 0 fully saturated rings. The number of hydrogen-bond donors (Lipinski definition) is 0. The van der Waals surface area contributed by atoms with Crippen molar-refractivity contribution in [2.75, 3.05) is 32.6 Å². The fourth-order valence-electron chi connectivity index (χ4n) is 3.59. The molecule has 0 bridgehead atoms. The monoisotopic (exact) mass is 453 g/mol. The number of thioether (sulfide) groups is 1. The highest BCUT2D eigenvalue weighted by atomic mass is 32.2. The molecule has 166 valence electrons. The number of carbonyl (C=O) groups excluding carboxylic acids is 1. The number of ether oxygens (including phenoxy) is 1. The van der Waals surface area contributed by atoms with E-state index in [1.54, 1.807) is 33.1 Å². The van der Waals surface area contributed by atoms with E-state index in [9.17, 15) is 13.2 Å². The van der Waals surface area contributed by atoms with Crippen LogP contribution in [-0.4, -0.2) is 60.6 Å². The first kappa shape index (κ1) is 24.6. The topological polar surface area (TPSA) is 81.5 Å². The molecule has 0 amide bonds. The van der Waals surface area contributed by atoms with Gasteiger partial charge in [0.1, 0.15) is 4.90 Å². The molecule has 2 heterocycles. The Morgan fingerprint density at radius 2 is 1.93 bits per heavy atom. The minimum absolute atomic E-state index is 0.0191. The number of sulfonamides is 1. The molecule has 0 N–H and O–H groups in total. The number of nitrogens with zero attached hydrogens (tertiary/aromatic N) is 3. The van der Waals surface area contributed by atoms with Crippen LogP contribution in [0.5, 0.6) is 0 Å². The van der Waals surface area contributed by atoms with Gasteiger partial charge in [-0.1, -0.05) is 25.6 Å². The molecule has 2 aromatic heterocycles. The Balaban J connectivity index is 2.10. The normalized spacial score (nSPS) is 13.0. The Morgan fingerprint density at radius 1 is 1.27 bits per heavy atom. The molecule has 1 unspecified atom stereocenters. The number of pyridine rings is 1. The average molecular weight is 454 g/mol. The number of carbonyl (C=O) groups is 1. The highest BCUT2D eigenvalue weighted by molar-refractivity contribution is 7.99. The number of hydrogen-bond acceptors (Lipinski definition) is 6. The molecule has 30 heavy (non-hydrogen) atoms. The number of aromatic nitrogens is 2. The summed E-state index contributed by atoms with van der Waals surface area (Å²) in [5, 5.41) is 0.614. The predicted octanol–water partition coefficient (Wildman–Crippen LogP) is 3.71. The zero-order chi connectivity index (χ0) is 22.5. The molecule has 1 atom stereocenters. The number of rotatable bonds is 11. The molecule has 2 rings (SSSR count). The zero-order valence-corrected chi connectivity index (χ0v) is 20.1.